The fraction of sp³-hybridized carbons (Fsp3) is 0.118. The molecule has 0 spiro atoms. The minimum atomic E-state index is -0.0973. The zero-order valence-electron chi connectivity index (χ0n) is 11.7. The average molecular weight is 391 g/mol. The van der Waals surface area contributed by atoms with Crippen molar-refractivity contribution in [2.24, 2.45) is 0 Å². The van der Waals surface area contributed by atoms with E-state index in [4.69, 9.17) is 4.74 Å². The molecule has 0 bridgehead atoms. The summed E-state index contributed by atoms with van der Waals surface area (Å²) in [6, 6.07) is 13.7. The number of aromatic amines is 1. The Hall–Kier alpha value is -1.82. The van der Waals surface area contributed by atoms with Crippen molar-refractivity contribution >= 4 is 33.4 Å². The van der Waals surface area contributed by atoms with Crippen LogP contribution in [0.3, 0.4) is 0 Å². The monoisotopic (exact) mass is 391 g/mol. The zero-order chi connectivity index (χ0) is 15.0. The minimum absolute atomic E-state index is 0.0973. The van der Waals surface area contributed by atoms with Gasteiger partial charge in [-0.2, -0.15) is 0 Å². The van der Waals surface area contributed by atoms with Crippen molar-refractivity contribution < 1.29 is 4.74 Å². The fourth-order valence-electron chi connectivity index (χ4n) is 2.32. The highest BCUT2D eigenvalue weighted by atomic mass is 127. The summed E-state index contributed by atoms with van der Waals surface area (Å²) in [5, 5.41) is 1.59. The maximum absolute atomic E-state index is 12.3. The number of hydrogen-bond acceptors (Lipinski definition) is 2. The Morgan fingerprint density at radius 1 is 1.05 bits per heavy atom. The van der Waals surface area contributed by atoms with Crippen LogP contribution in [-0.4, -0.2) is 12.1 Å². The second-order valence-corrected chi connectivity index (χ2v) is 6.00. The van der Waals surface area contributed by atoms with E-state index in [1.807, 2.05) is 43.3 Å². The van der Waals surface area contributed by atoms with Gasteiger partial charge >= 0.3 is 0 Å². The molecule has 3 nitrogen and oxygen atoms in total. The van der Waals surface area contributed by atoms with E-state index < -0.39 is 0 Å². The van der Waals surface area contributed by atoms with Crippen LogP contribution in [0.25, 0.3) is 22.0 Å². The number of H-pyrrole nitrogens is 1. The fourth-order valence-corrected chi connectivity index (χ4v) is 3.24. The molecule has 1 aromatic heterocycles. The Balaban J connectivity index is 2.29. The molecule has 1 N–H and O–H groups in total. The number of nitrogens with one attached hydrogen (secondary N) is 1. The molecular formula is C17H14INO2. The number of halogens is 1. The summed E-state index contributed by atoms with van der Waals surface area (Å²) in [5.41, 5.74) is 2.97. The first-order valence-electron chi connectivity index (χ1n) is 6.56. The van der Waals surface area contributed by atoms with E-state index >= 15 is 0 Å². The Morgan fingerprint density at radius 2 is 1.76 bits per heavy atom. The molecule has 1 heterocycles. The van der Waals surface area contributed by atoms with Gasteiger partial charge in [0.25, 0.3) is 5.56 Å². The summed E-state index contributed by atoms with van der Waals surface area (Å²) in [4.78, 5) is 15.3. The lowest BCUT2D eigenvalue weighted by molar-refractivity contribution is 0.415. The molecule has 4 heteroatoms. The molecule has 0 radical (unpaired) electrons. The number of benzene rings is 2. The molecule has 0 saturated carbocycles. The number of methoxy groups -OCH3 is 1. The van der Waals surface area contributed by atoms with Crippen LogP contribution in [0.1, 0.15) is 5.56 Å². The van der Waals surface area contributed by atoms with Gasteiger partial charge in [-0.3, -0.25) is 4.79 Å². The first-order chi connectivity index (χ1) is 10.1. The van der Waals surface area contributed by atoms with Crippen molar-refractivity contribution in [1.82, 2.24) is 4.98 Å². The van der Waals surface area contributed by atoms with Gasteiger partial charge in [-0.05, 0) is 53.3 Å². The Morgan fingerprint density at radius 3 is 2.43 bits per heavy atom. The summed E-state index contributed by atoms with van der Waals surface area (Å²) < 4.78 is 6.23. The standard InChI is InChI=1S/C17H14INO2/c1-10-3-5-11(6-4-10)16-15(18)13-8-7-12(21-2)9-14(13)17(20)19-16/h3-9H,1-2H3,(H,19,20). The van der Waals surface area contributed by atoms with E-state index in [0.29, 0.717) is 11.1 Å². The van der Waals surface area contributed by atoms with E-state index in [9.17, 15) is 4.79 Å². The molecule has 2 aromatic carbocycles. The lowest BCUT2D eigenvalue weighted by Gasteiger charge is -2.09. The van der Waals surface area contributed by atoms with E-state index in [1.54, 1.807) is 13.2 Å². The normalized spacial score (nSPS) is 10.8. The van der Waals surface area contributed by atoms with Gasteiger partial charge in [0.05, 0.1) is 18.2 Å². The topological polar surface area (TPSA) is 42.1 Å². The van der Waals surface area contributed by atoms with Gasteiger partial charge < -0.3 is 9.72 Å². The largest absolute Gasteiger partial charge is 0.497 e. The quantitative estimate of drug-likeness (QED) is 0.668. The van der Waals surface area contributed by atoms with E-state index in [2.05, 4.69) is 27.6 Å². The predicted molar refractivity (Wildman–Crippen MR) is 94.0 cm³/mol. The van der Waals surface area contributed by atoms with Crippen LogP contribution in [0.2, 0.25) is 0 Å². The van der Waals surface area contributed by atoms with Gasteiger partial charge in [0.2, 0.25) is 0 Å². The third-order valence-electron chi connectivity index (χ3n) is 3.51. The molecule has 0 aliphatic carbocycles. The number of aryl methyl sites for hydroxylation is 1. The van der Waals surface area contributed by atoms with Crippen LogP contribution >= 0.6 is 22.6 Å². The van der Waals surface area contributed by atoms with Crippen LogP contribution in [0, 0.1) is 10.5 Å². The zero-order valence-corrected chi connectivity index (χ0v) is 13.9. The van der Waals surface area contributed by atoms with Gasteiger partial charge in [0, 0.05) is 8.96 Å². The minimum Gasteiger partial charge on any atom is -0.497 e. The predicted octanol–water partition coefficient (Wildman–Crippen LogP) is 4.12. The third kappa shape index (κ3) is 2.55. The lowest BCUT2D eigenvalue weighted by Crippen LogP contribution is -2.09. The summed E-state index contributed by atoms with van der Waals surface area (Å²) in [5.74, 6) is 0.687. The van der Waals surface area contributed by atoms with Gasteiger partial charge in [-0.1, -0.05) is 29.8 Å². The van der Waals surface area contributed by atoms with Crippen LogP contribution in [0.5, 0.6) is 5.75 Å². The number of ether oxygens (including phenoxy) is 1. The Kier molecular flexibility index (Phi) is 3.71. The third-order valence-corrected chi connectivity index (χ3v) is 4.63. The molecule has 0 amide bonds. The maximum atomic E-state index is 12.3. The van der Waals surface area contributed by atoms with Gasteiger partial charge in [0.1, 0.15) is 5.75 Å². The van der Waals surface area contributed by atoms with E-state index in [-0.39, 0.29) is 5.56 Å². The van der Waals surface area contributed by atoms with Gasteiger partial charge in [-0.25, -0.2) is 0 Å². The highest BCUT2D eigenvalue weighted by Gasteiger charge is 2.11. The number of hydrogen-bond donors (Lipinski definition) is 1. The summed E-state index contributed by atoms with van der Waals surface area (Å²) in [7, 11) is 1.60. The van der Waals surface area contributed by atoms with Gasteiger partial charge in [-0.15, -0.1) is 0 Å². The van der Waals surface area contributed by atoms with Crippen LogP contribution in [0.4, 0.5) is 0 Å². The molecule has 0 saturated heterocycles. The molecule has 0 unspecified atom stereocenters. The molecule has 0 atom stereocenters. The van der Waals surface area contributed by atoms with Crippen LogP contribution in [-0.2, 0) is 0 Å². The van der Waals surface area contributed by atoms with Crippen LogP contribution in [0.15, 0.2) is 47.3 Å². The van der Waals surface area contributed by atoms with Crippen molar-refractivity contribution in [2.45, 2.75) is 6.92 Å². The second kappa shape index (κ2) is 5.52. The smallest absolute Gasteiger partial charge is 0.256 e. The molecule has 0 aliphatic rings. The van der Waals surface area contributed by atoms with Gasteiger partial charge in [0.15, 0.2) is 0 Å². The molecule has 3 rings (SSSR count). The van der Waals surface area contributed by atoms with Crippen LogP contribution < -0.4 is 10.3 Å². The van der Waals surface area contributed by atoms with Crippen molar-refractivity contribution in [2.75, 3.05) is 7.11 Å². The number of aromatic nitrogens is 1. The maximum Gasteiger partial charge on any atom is 0.256 e. The van der Waals surface area contributed by atoms with Crippen molar-refractivity contribution in [3.05, 3.63) is 62.0 Å². The number of fused-ring (bicyclic) bond motifs is 1. The SMILES string of the molecule is COc1ccc2c(I)c(-c3ccc(C)cc3)[nH]c(=O)c2c1. The molecule has 21 heavy (non-hydrogen) atoms. The highest BCUT2D eigenvalue weighted by molar-refractivity contribution is 14.1. The first-order valence-corrected chi connectivity index (χ1v) is 7.64. The van der Waals surface area contributed by atoms with Crippen molar-refractivity contribution in [3.63, 3.8) is 0 Å². The Labute approximate surface area is 136 Å². The van der Waals surface area contributed by atoms with E-state index in [0.717, 1.165) is 20.2 Å². The summed E-state index contributed by atoms with van der Waals surface area (Å²) in [6.45, 7) is 2.05. The molecule has 0 aliphatic heterocycles. The number of rotatable bonds is 2. The molecular weight excluding hydrogens is 377 g/mol. The summed E-state index contributed by atoms with van der Waals surface area (Å²) >= 11 is 2.28. The summed E-state index contributed by atoms with van der Waals surface area (Å²) in [6.07, 6.45) is 0. The lowest BCUT2D eigenvalue weighted by atomic mass is 10.1. The Bertz CT molecular complexity index is 866. The average Bonchev–Trinajstić information content (AvgIpc) is 2.51. The number of pyridine rings is 1. The van der Waals surface area contributed by atoms with E-state index in [1.165, 1.54) is 5.56 Å². The molecule has 0 fully saturated rings. The second-order valence-electron chi connectivity index (χ2n) is 4.92. The van der Waals surface area contributed by atoms with Crippen molar-refractivity contribution in [3.8, 4) is 17.0 Å². The first kappa shape index (κ1) is 14.1. The highest BCUT2D eigenvalue weighted by Crippen LogP contribution is 2.29. The van der Waals surface area contributed by atoms with Crippen molar-refractivity contribution in [1.29, 1.82) is 0 Å². The molecule has 3 aromatic rings. The molecule has 106 valence electrons.